The number of nitrogens with zero attached hydrogens (tertiary/aromatic N) is 3. The van der Waals surface area contributed by atoms with Crippen molar-refractivity contribution in [1.29, 1.82) is 0 Å². The van der Waals surface area contributed by atoms with Crippen molar-refractivity contribution in [2.75, 3.05) is 37.7 Å². The summed E-state index contributed by atoms with van der Waals surface area (Å²) < 4.78 is 6.54. The number of benzene rings is 1. The Bertz CT molecular complexity index is 1090. The predicted octanol–water partition coefficient (Wildman–Crippen LogP) is 3.02. The normalized spacial score (nSPS) is 29.8. The molecule has 3 saturated heterocycles. The van der Waals surface area contributed by atoms with Crippen LogP contribution in [0.3, 0.4) is 0 Å². The maximum atomic E-state index is 14.3. The molecule has 3 unspecified atom stereocenters. The largest absolute Gasteiger partial charge is 0.395 e. The molecular weight excluding hydrogens is 562 g/mol. The number of amides is 3. The van der Waals surface area contributed by atoms with Crippen LogP contribution in [0.25, 0.3) is 0 Å². The number of anilines is 1. The lowest BCUT2D eigenvalue weighted by Crippen LogP contribution is -2.57. The van der Waals surface area contributed by atoms with Crippen molar-refractivity contribution in [3.05, 3.63) is 54.6 Å². The van der Waals surface area contributed by atoms with Crippen LogP contribution in [0.2, 0.25) is 5.02 Å². The van der Waals surface area contributed by atoms with Crippen LogP contribution in [0, 0.1) is 11.8 Å². The number of hydrogen-bond acceptors (Lipinski definition) is 5. The average molecular weight is 595 g/mol. The molecule has 0 aliphatic carbocycles. The Labute approximate surface area is 231 Å². The van der Waals surface area contributed by atoms with Gasteiger partial charge in [0, 0.05) is 31.0 Å². The van der Waals surface area contributed by atoms with Gasteiger partial charge in [-0.15, -0.1) is 13.2 Å². The summed E-state index contributed by atoms with van der Waals surface area (Å²) in [5, 5.41) is 10.2. The van der Waals surface area contributed by atoms with E-state index in [-0.39, 0.29) is 42.2 Å². The van der Waals surface area contributed by atoms with E-state index in [0.717, 1.165) is 6.42 Å². The Morgan fingerprint density at radius 1 is 1.27 bits per heavy atom. The average Bonchev–Trinajstić information content (AvgIpc) is 3.46. The second kappa shape index (κ2) is 11.3. The summed E-state index contributed by atoms with van der Waals surface area (Å²) >= 11 is 10.1. The number of carbonyl (C=O) groups excluding carboxylic acids is 3. The number of fused-ring (bicyclic) bond motifs is 1. The Hall–Kier alpha value is -2.20. The summed E-state index contributed by atoms with van der Waals surface area (Å²) in [7, 11) is 0. The first-order valence-electron chi connectivity index (χ1n) is 12.6. The van der Waals surface area contributed by atoms with Crippen molar-refractivity contribution >= 4 is 50.9 Å². The van der Waals surface area contributed by atoms with E-state index in [1.165, 1.54) is 9.80 Å². The van der Waals surface area contributed by atoms with Crippen molar-refractivity contribution < 1.29 is 24.2 Å². The zero-order valence-electron chi connectivity index (χ0n) is 20.9. The lowest BCUT2D eigenvalue weighted by molar-refractivity contribution is -0.145. The minimum Gasteiger partial charge on any atom is -0.395 e. The van der Waals surface area contributed by atoms with Crippen LogP contribution >= 0.6 is 27.5 Å². The summed E-state index contributed by atoms with van der Waals surface area (Å²) in [5.41, 5.74) is -0.726. The van der Waals surface area contributed by atoms with Gasteiger partial charge in [-0.3, -0.25) is 14.4 Å². The maximum Gasteiger partial charge on any atom is 0.253 e. The SMILES string of the molecule is C=CCN(CCC)C(=O)[C@H]1[C@H]2C(=O)N(CCO)C(C(=O)N(CC=C)c3ccccc3Cl)C23CC(Br)[C@@H]1O3. The van der Waals surface area contributed by atoms with Crippen LogP contribution in [-0.2, 0) is 19.1 Å². The van der Waals surface area contributed by atoms with Gasteiger partial charge in [0.25, 0.3) is 5.91 Å². The molecule has 1 spiro atoms. The zero-order valence-corrected chi connectivity index (χ0v) is 23.2. The van der Waals surface area contributed by atoms with Gasteiger partial charge in [-0.25, -0.2) is 0 Å². The first-order chi connectivity index (χ1) is 17.8. The van der Waals surface area contributed by atoms with Crippen LogP contribution in [0.5, 0.6) is 0 Å². The first-order valence-corrected chi connectivity index (χ1v) is 13.9. The third kappa shape index (κ3) is 4.54. The van der Waals surface area contributed by atoms with Crippen LogP contribution < -0.4 is 4.90 Å². The van der Waals surface area contributed by atoms with Crippen LogP contribution in [0.4, 0.5) is 5.69 Å². The van der Waals surface area contributed by atoms with Crippen LogP contribution in [0.1, 0.15) is 19.8 Å². The molecule has 3 fully saturated rings. The van der Waals surface area contributed by atoms with Gasteiger partial charge >= 0.3 is 0 Å². The van der Waals surface area contributed by atoms with E-state index in [0.29, 0.717) is 30.2 Å². The molecule has 4 rings (SSSR count). The molecule has 200 valence electrons. The van der Waals surface area contributed by atoms with E-state index in [4.69, 9.17) is 16.3 Å². The van der Waals surface area contributed by atoms with Gasteiger partial charge in [-0.1, -0.05) is 58.7 Å². The molecule has 3 heterocycles. The third-order valence-electron chi connectivity index (χ3n) is 7.52. The van der Waals surface area contributed by atoms with Crippen molar-refractivity contribution in [3.8, 4) is 0 Å². The summed E-state index contributed by atoms with van der Waals surface area (Å²) in [6, 6.07) is 5.94. The fourth-order valence-electron chi connectivity index (χ4n) is 6.22. The van der Waals surface area contributed by atoms with Gasteiger partial charge < -0.3 is 24.5 Å². The van der Waals surface area contributed by atoms with E-state index in [9.17, 15) is 19.5 Å². The highest BCUT2D eigenvalue weighted by Gasteiger charge is 2.76. The molecule has 10 heteroatoms. The molecular formula is C27H33BrClN3O5. The van der Waals surface area contributed by atoms with E-state index in [1.807, 2.05) is 6.92 Å². The zero-order chi connectivity index (χ0) is 26.9. The standard InChI is InChI=1S/C27H33BrClN3O5/c1-4-11-30(12-5-2)24(34)20-21-25(35)32(14-15-33)23(27(21)16-17(28)22(20)37-27)26(36)31(13-6-3)19-10-8-7-9-18(19)29/h4,6-10,17,20-23,33H,1,3,5,11-16H2,2H3/t17?,20-,21-,22-,23?,27?/m0/s1. The van der Waals surface area contributed by atoms with Gasteiger partial charge in [-0.2, -0.15) is 0 Å². The molecule has 8 nitrogen and oxygen atoms in total. The lowest BCUT2D eigenvalue weighted by atomic mass is 9.70. The Morgan fingerprint density at radius 3 is 2.59 bits per heavy atom. The van der Waals surface area contributed by atoms with Crippen molar-refractivity contribution in [3.63, 3.8) is 0 Å². The number of halogens is 2. The topological polar surface area (TPSA) is 90.4 Å². The number of likely N-dealkylation sites (tertiary alicyclic amines) is 1. The number of rotatable bonds is 11. The number of alkyl halides is 1. The highest BCUT2D eigenvalue weighted by Crippen LogP contribution is 2.60. The number of para-hydroxylation sites is 1. The Balaban J connectivity index is 1.79. The Morgan fingerprint density at radius 2 is 1.97 bits per heavy atom. The quantitative estimate of drug-likeness (QED) is 0.314. The molecule has 3 aliphatic heterocycles. The summed E-state index contributed by atoms with van der Waals surface area (Å²) in [6.07, 6.45) is 3.85. The smallest absolute Gasteiger partial charge is 0.253 e. The summed E-state index contributed by atoms with van der Waals surface area (Å²) in [6.45, 7) is 10.2. The number of carbonyl (C=O) groups is 3. The van der Waals surface area contributed by atoms with Crippen molar-refractivity contribution in [1.82, 2.24) is 9.80 Å². The molecule has 1 aromatic rings. The number of β-amino-alcohol motifs (C(OH)–C–C–N with tert-alkyl or cyclic N) is 1. The minimum absolute atomic E-state index is 0.0504. The lowest BCUT2D eigenvalue weighted by Gasteiger charge is -2.37. The van der Waals surface area contributed by atoms with Gasteiger partial charge in [0.2, 0.25) is 11.8 Å². The number of hydrogen-bond donors (Lipinski definition) is 1. The molecule has 1 N–H and O–H groups in total. The minimum atomic E-state index is -1.21. The molecule has 0 radical (unpaired) electrons. The van der Waals surface area contributed by atoms with Crippen molar-refractivity contribution in [2.24, 2.45) is 11.8 Å². The maximum absolute atomic E-state index is 14.3. The Kier molecular flexibility index (Phi) is 8.48. The van der Waals surface area contributed by atoms with Crippen molar-refractivity contribution in [2.45, 2.75) is 42.3 Å². The van der Waals surface area contributed by atoms with E-state index in [2.05, 4.69) is 29.1 Å². The van der Waals surface area contributed by atoms with Gasteiger partial charge in [0.15, 0.2) is 0 Å². The summed E-state index contributed by atoms with van der Waals surface area (Å²) in [5.74, 6) is -2.49. The number of aliphatic hydroxyl groups excluding tert-OH is 1. The highest BCUT2D eigenvalue weighted by molar-refractivity contribution is 9.09. The van der Waals surface area contributed by atoms with E-state index in [1.54, 1.807) is 41.3 Å². The molecule has 1 aromatic carbocycles. The van der Waals surface area contributed by atoms with Gasteiger partial charge in [0.05, 0.1) is 35.3 Å². The molecule has 3 aliphatic rings. The molecule has 2 bridgehead atoms. The molecule has 0 aromatic heterocycles. The van der Waals surface area contributed by atoms with Crippen LogP contribution in [-0.4, -0.2) is 88.0 Å². The van der Waals surface area contributed by atoms with E-state index < -0.39 is 29.6 Å². The molecule has 3 amide bonds. The summed E-state index contributed by atoms with van der Waals surface area (Å²) in [4.78, 5) is 46.4. The highest BCUT2D eigenvalue weighted by atomic mass is 79.9. The molecule has 6 atom stereocenters. The fourth-order valence-corrected chi connectivity index (χ4v) is 7.40. The fraction of sp³-hybridized carbons (Fsp3) is 0.519. The van der Waals surface area contributed by atoms with Gasteiger partial charge in [0.1, 0.15) is 11.6 Å². The third-order valence-corrected chi connectivity index (χ3v) is 8.69. The first kappa shape index (κ1) is 27.8. The molecule has 0 saturated carbocycles. The number of aliphatic hydroxyl groups is 1. The predicted molar refractivity (Wildman–Crippen MR) is 146 cm³/mol. The monoisotopic (exact) mass is 593 g/mol. The second-order valence-electron chi connectivity index (χ2n) is 9.68. The van der Waals surface area contributed by atoms with E-state index >= 15 is 0 Å². The van der Waals surface area contributed by atoms with Crippen LogP contribution in [0.15, 0.2) is 49.6 Å². The second-order valence-corrected chi connectivity index (χ2v) is 11.3. The number of ether oxygens (including phenoxy) is 1. The van der Waals surface area contributed by atoms with Gasteiger partial charge in [-0.05, 0) is 25.0 Å². The molecule has 37 heavy (non-hydrogen) atoms.